The van der Waals surface area contributed by atoms with Crippen LogP contribution >= 0.6 is 16.1 Å². The van der Waals surface area contributed by atoms with Crippen LogP contribution in [0.2, 0.25) is 0 Å². The molecule has 1 atom stereocenters. The van der Waals surface area contributed by atoms with Gasteiger partial charge in [-0.2, -0.15) is 0 Å². The van der Waals surface area contributed by atoms with E-state index in [1.807, 2.05) is 0 Å². The van der Waals surface area contributed by atoms with E-state index in [0.717, 1.165) is 14.2 Å². The zero-order chi connectivity index (χ0) is 8.20. The van der Waals surface area contributed by atoms with Crippen LogP contribution in [0.1, 0.15) is 0 Å². The predicted molar refractivity (Wildman–Crippen MR) is 33.9 cm³/mol. The van der Waals surface area contributed by atoms with E-state index in [0.29, 0.717) is 0 Å². The molecule has 0 saturated heterocycles. The molecule has 0 amide bonds. The first kappa shape index (κ1) is 10.3. The molecule has 1 N–H and O–H groups in total. The second-order valence-electron chi connectivity index (χ2n) is 1.17. The van der Waals surface area contributed by atoms with E-state index in [1.54, 1.807) is 0 Å². The molecule has 0 bridgehead atoms. The number of hydrogen-bond acceptors (Lipinski definition) is 5. The minimum atomic E-state index is -3.75. The van der Waals surface area contributed by atoms with Crippen molar-refractivity contribution in [3.63, 3.8) is 0 Å². The fourth-order valence-electron chi connectivity index (χ4n) is 0.245. The van der Waals surface area contributed by atoms with Gasteiger partial charge in [-0.05, 0) is 0 Å². The highest BCUT2D eigenvalue weighted by Gasteiger charge is 2.24. The van der Waals surface area contributed by atoms with Gasteiger partial charge in [-0.3, -0.25) is 13.6 Å². The molecule has 0 aromatic carbocycles. The first-order valence-electron chi connectivity index (χ1n) is 2.18. The molecule has 0 aliphatic heterocycles. The summed E-state index contributed by atoms with van der Waals surface area (Å²) >= 11 is 0. The summed E-state index contributed by atoms with van der Waals surface area (Å²) in [6, 6.07) is 0. The van der Waals surface area contributed by atoms with Crippen LogP contribution in [0.15, 0.2) is 0 Å². The van der Waals surface area contributed by atoms with Gasteiger partial charge in [-0.25, -0.2) is 8.88 Å². The molecule has 62 valence electrons. The minimum Gasteiger partial charge on any atom is -0.326 e. The van der Waals surface area contributed by atoms with Crippen LogP contribution in [0.4, 0.5) is 0 Å². The molecule has 0 aromatic heterocycles. The lowest BCUT2D eigenvalue weighted by Crippen LogP contribution is -1.87. The standard InChI is InChI=1S/C2H8O6P2/c1-6-10(5,7-2)8-9(3)4/h9H,1-2H3,(H,3,4). The normalized spacial score (nSPS) is 15.1. The van der Waals surface area contributed by atoms with Gasteiger partial charge >= 0.3 is 16.1 Å². The van der Waals surface area contributed by atoms with Crippen molar-refractivity contribution in [2.75, 3.05) is 14.2 Å². The first-order valence-corrected chi connectivity index (χ1v) is 4.90. The van der Waals surface area contributed by atoms with Crippen molar-refractivity contribution < 1.29 is 27.4 Å². The number of rotatable bonds is 4. The van der Waals surface area contributed by atoms with E-state index in [1.165, 1.54) is 0 Å². The van der Waals surface area contributed by atoms with Gasteiger partial charge in [0.25, 0.3) is 0 Å². The van der Waals surface area contributed by atoms with Gasteiger partial charge in [0.1, 0.15) is 0 Å². The fourth-order valence-corrected chi connectivity index (χ4v) is 1.76. The van der Waals surface area contributed by atoms with Gasteiger partial charge in [0.05, 0.1) is 0 Å². The third-order valence-corrected chi connectivity index (χ3v) is 3.05. The zero-order valence-corrected chi connectivity index (χ0v) is 7.33. The molecule has 0 aromatic rings. The summed E-state index contributed by atoms with van der Waals surface area (Å²) in [6.45, 7) is 0. The summed E-state index contributed by atoms with van der Waals surface area (Å²) in [5.41, 5.74) is 0. The van der Waals surface area contributed by atoms with Crippen molar-refractivity contribution in [2.24, 2.45) is 0 Å². The van der Waals surface area contributed by atoms with Crippen molar-refractivity contribution in [2.45, 2.75) is 0 Å². The molecular formula is C2H8O6P2. The maximum absolute atomic E-state index is 10.8. The van der Waals surface area contributed by atoms with Crippen LogP contribution in [0.25, 0.3) is 0 Å². The summed E-state index contributed by atoms with van der Waals surface area (Å²) in [7, 11) is -4.93. The summed E-state index contributed by atoms with van der Waals surface area (Å²) in [4.78, 5) is 8.14. The van der Waals surface area contributed by atoms with Gasteiger partial charge in [0.2, 0.25) is 0 Å². The fraction of sp³-hybridized carbons (Fsp3) is 1.00. The van der Waals surface area contributed by atoms with Crippen molar-refractivity contribution in [1.29, 1.82) is 0 Å². The Hall–Kier alpha value is 0.300. The van der Waals surface area contributed by atoms with E-state index >= 15 is 0 Å². The Labute approximate surface area is 58.7 Å². The van der Waals surface area contributed by atoms with Crippen LogP contribution in [0.5, 0.6) is 0 Å². The molecule has 1 unspecified atom stereocenters. The second kappa shape index (κ2) is 4.23. The smallest absolute Gasteiger partial charge is 0.326 e. The van der Waals surface area contributed by atoms with Crippen molar-refractivity contribution in [1.82, 2.24) is 0 Å². The van der Waals surface area contributed by atoms with E-state index in [9.17, 15) is 9.13 Å². The summed E-state index contributed by atoms with van der Waals surface area (Å²) in [5.74, 6) is 0. The van der Waals surface area contributed by atoms with Crippen LogP contribution in [0, 0.1) is 0 Å². The van der Waals surface area contributed by atoms with Crippen molar-refractivity contribution in [3.05, 3.63) is 0 Å². The third kappa shape index (κ3) is 3.46. The Balaban J connectivity index is 4.07. The molecular weight excluding hydrogens is 182 g/mol. The molecule has 0 spiro atoms. The highest BCUT2D eigenvalue weighted by molar-refractivity contribution is 7.56. The van der Waals surface area contributed by atoms with Gasteiger partial charge < -0.3 is 4.89 Å². The second-order valence-corrected chi connectivity index (χ2v) is 4.06. The van der Waals surface area contributed by atoms with Gasteiger partial charge in [-0.1, -0.05) is 0 Å². The van der Waals surface area contributed by atoms with Crippen LogP contribution in [0.3, 0.4) is 0 Å². The maximum Gasteiger partial charge on any atom is 0.481 e. The molecule has 0 aliphatic carbocycles. The third-order valence-electron chi connectivity index (χ3n) is 0.637. The lowest BCUT2D eigenvalue weighted by molar-refractivity contribution is 0.207. The average molecular weight is 190 g/mol. The van der Waals surface area contributed by atoms with Crippen molar-refractivity contribution in [3.8, 4) is 0 Å². The molecule has 0 radical (unpaired) electrons. The highest BCUT2D eigenvalue weighted by Crippen LogP contribution is 2.53. The topological polar surface area (TPSA) is 82.1 Å². The molecule has 0 saturated carbocycles. The Kier molecular flexibility index (Phi) is 4.36. The molecule has 8 heteroatoms. The minimum absolute atomic E-state index is 1.05. The molecule has 6 nitrogen and oxygen atoms in total. The highest BCUT2D eigenvalue weighted by atomic mass is 31.2. The van der Waals surface area contributed by atoms with E-state index in [-0.39, 0.29) is 0 Å². The lowest BCUT2D eigenvalue weighted by atomic mass is 11.8. The molecule has 0 rings (SSSR count). The van der Waals surface area contributed by atoms with Gasteiger partial charge in [0.15, 0.2) is 0 Å². The van der Waals surface area contributed by atoms with Gasteiger partial charge in [-0.15, -0.1) is 0 Å². The summed E-state index contributed by atoms with van der Waals surface area (Å²) < 4.78 is 33.0. The molecule has 10 heavy (non-hydrogen) atoms. The number of hydrogen-bond donors (Lipinski definition) is 1. The Bertz CT molecular complexity index is 157. The Morgan fingerprint density at radius 1 is 1.40 bits per heavy atom. The Morgan fingerprint density at radius 2 is 1.80 bits per heavy atom. The SMILES string of the molecule is COP(=O)(OC)O[PH](=O)O. The maximum atomic E-state index is 10.8. The lowest BCUT2D eigenvalue weighted by Gasteiger charge is -2.09. The van der Waals surface area contributed by atoms with Crippen molar-refractivity contribution >= 4 is 16.1 Å². The van der Waals surface area contributed by atoms with E-state index < -0.39 is 16.1 Å². The summed E-state index contributed by atoms with van der Waals surface area (Å²) in [6.07, 6.45) is 0. The van der Waals surface area contributed by atoms with Crippen LogP contribution in [-0.4, -0.2) is 19.1 Å². The zero-order valence-electron chi connectivity index (χ0n) is 5.44. The average Bonchev–Trinajstić information content (AvgIpc) is 1.87. The predicted octanol–water partition coefficient (Wildman–Crippen LogP) is 0.786. The van der Waals surface area contributed by atoms with E-state index in [4.69, 9.17) is 4.89 Å². The van der Waals surface area contributed by atoms with Crippen LogP contribution in [-0.2, 0) is 22.5 Å². The molecule has 0 aliphatic rings. The first-order chi connectivity index (χ1) is 4.54. The quantitative estimate of drug-likeness (QED) is 0.659. The van der Waals surface area contributed by atoms with E-state index in [2.05, 4.69) is 13.4 Å². The van der Waals surface area contributed by atoms with Crippen LogP contribution < -0.4 is 0 Å². The molecule has 0 fully saturated rings. The summed E-state index contributed by atoms with van der Waals surface area (Å²) in [5, 5.41) is 0. The van der Waals surface area contributed by atoms with Gasteiger partial charge in [0, 0.05) is 14.2 Å². The largest absolute Gasteiger partial charge is 0.481 e. The monoisotopic (exact) mass is 190 g/mol. The number of phosphoric ester groups is 1. The Morgan fingerprint density at radius 3 is 1.90 bits per heavy atom. The number of phosphoric acid groups is 1. The molecule has 0 heterocycles.